The molecule has 0 radical (unpaired) electrons. The van der Waals surface area contributed by atoms with Gasteiger partial charge in [0.2, 0.25) is 10.0 Å². The average Bonchev–Trinajstić information content (AvgIpc) is 2.75. The summed E-state index contributed by atoms with van der Waals surface area (Å²) in [4.78, 5) is 8.35. The number of rotatable bonds is 10. The van der Waals surface area contributed by atoms with E-state index in [2.05, 4.69) is 26.8 Å². The van der Waals surface area contributed by atoms with Gasteiger partial charge in [-0.2, -0.15) is 0 Å². The first-order valence-corrected chi connectivity index (χ1v) is 11.4. The Bertz CT molecular complexity index is 1090. The van der Waals surface area contributed by atoms with Gasteiger partial charge >= 0.3 is 0 Å². The Labute approximate surface area is 177 Å². The van der Waals surface area contributed by atoms with Crippen molar-refractivity contribution in [2.24, 2.45) is 22.4 Å². The molecule has 158 valence electrons. The number of sulfonamides is 1. The number of hydrogen-bond donors (Lipinski definition) is 3. The number of benzene rings is 2. The highest BCUT2D eigenvalue weighted by Crippen LogP contribution is 2.22. The fourth-order valence-corrected chi connectivity index (χ4v) is 4.79. The average molecular weight is 426 g/mol. The van der Waals surface area contributed by atoms with Crippen molar-refractivity contribution in [2.45, 2.75) is 24.2 Å². The molecule has 0 saturated carbocycles. The number of aromatic nitrogens is 1. The van der Waals surface area contributed by atoms with Gasteiger partial charge in [-0.05, 0) is 42.9 Å². The third-order valence-corrected chi connectivity index (χ3v) is 6.41. The highest BCUT2D eigenvalue weighted by atomic mass is 32.2. The topological polar surface area (TPSA) is 123 Å². The van der Waals surface area contributed by atoms with Gasteiger partial charge in [-0.3, -0.25) is 9.98 Å². The second-order valence-corrected chi connectivity index (χ2v) is 8.94. The molecular weight excluding hydrogens is 398 g/mol. The summed E-state index contributed by atoms with van der Waals surface area (Å²) in [5.74, 6) is 0.189. The minimum Gasteiger partial charge on any atom is -0.370 e. The van der Waals surface area contributed by atoms with Gasteiger partial charge in [0, 0.05) is 36.3 Å². The molecule has 1 unspecified atom stereocenters. The normalized spacial score (nSPS) is 12.5. The van der Waals surface area contributed by atoms with Crippen LogP contribution in [0, 0.1) is 5.92 Å². The summed E-state index contributed by atoms with van der Waals surface area (Å²) < 4.78 is 28.9. The van der Waals surface area contributed by atoms with Crippen LogP contribution in [0.4, 0.5) is 0 Å². The van der Waals surface area contributed by atoms with Crippen molar-refractivity contribution in [1.82, 2.24) is 9.71 Å². The highest BCUT2D eigenvalue weighted by Gasteiger charge is 2.19. The molecule has 8 heteroatoms. The molecule has 1 atom stereocenters. The zero-order valence-corrected chi connectivity index (χ0v) is 17.6. The molecule has 0 aliphatic carbocycles. The Balaban J connectivity index is 1.73. The zero-order chi connectivity index (χ0) is 21.4. The minimum absolute atomic E-state index is 0.0701. The number of nitrogens with one attached hydrogen (secondary N) is 1. The van der Waals surface area contributed by atoms with E-state index in [1.165, 1.54) is 5.56 Å². The zero-order valence-electron chi connectivity index (χ0n) is 16.7. The lowest BCUT2D eigenvalue weighted by Crippen LogP contribution is -2.30. The van der Waals surface area contributed by atoms with E-state index in [1.54, 1.807) is 30.6 Å². The van der Waals surface area contributed by atoms with E-state index in [-0.39, 0.29) is 16.8 Å². The van der Waals surface area contributed by atoms with E-state index >= 15 is 0 Å². The Kier molecular flexibility index (Phi) is 7.37. The van der Waals surface area contributed by atoms with Crippen LogP contribution in [0.5, 0.6) is 0 Å². The first-order valence-electron chi connectivity index (χ1n) is 9.87. The fourth-order valence-electron chi connectivity index (χ4n) is 3.44. The molecule has 3 aromatic rings. The van der Waals surface area contributed by atoms with Gasteiger partial charge in [-0.1, -0.05) is 42.5 Å². The van der Waals surface area contributed by atoms with Gasteiger partial charge in [0.15, 0.2) is 5.96 Å². The Morgan fingerprint density at radius 3 is 2.63 bits per heavy atom. The lowest BCUT2D eigenvalue weighted by Gasteiger charge is -2.18. The van der Waals surface area contributed by atoms with Crippen molar-refractivity contribution >= 4 is 26.8 Å². The molecule has 0 spiro atoms. The first-order chi connectivity index (χ1) is 14.5. The first kappa shape index (κ1) is 21.7. The lowest BCUT2D eigenvalue weighted by atomic mass is 9.95. The van der Waals surface area contributed by atoms with Gasteiger partial charge < -0.3 is 11.5 Å². The largest absolute Gasteiger partial charge is 0.370 e. The molecule has 0 amide bonds. The van der Waals surface area contributed by atoms with E-state index in [0.29, 0.717) is 18.5 Å². The Hall–Kier alpha value is -2.97. The summed E-state index contributed by atoms with van der Waals surface area (Å²) in [6.45, 7) is 0.858. The summed E-state index contributed by atoms with van der Waals surface area (Å²) >= 11 is 0. The number of fused-ring (bicyclic) bond motifs is 1. The van der Waals surface area contributed by atoms with Crippen molar-refractivity contribution in [3.63, 3.8) is 0 Å². The number of aliphatic imine (C=N–C) groups is 1. The summed E-state index contributed by atoms with van der Waals surface area (Å²) in [6.07, 6.45) is 5.61. The van der Waals surface area contributed by atoms with Gasteiger partial charge in [-0.25, -0.2) is 13.1 Å². The second-order valence-electron chi connectivity index (χ2n) is 7.21. The number of hydrogen-bond acceptors (Lipinski definition) is 4. The molecule has 2 aromatic carbocycles. The second kappa shape index (κ2) is 10.2. The third kappa shape index (κ3) is 6.01. The molecule has 0 aliphatic rings. The maximum atomic E-state index is 13.0. The summed E-state index contributed by atoms with van der Waals surface area (Å²) in [5.41, 5.74) is 11.9. The fraction of sp³-hybridized carbons (Fsp3) is 0.273. The number of nitrogens with zero attached hydrogens (tertiary/aromatic N) is 2. The maximum Gasteiger partial charge on any atom is 0.241 e. The SMILES string of the molecule is NC(N)=NCCCC(CNS(=O)(=O)c1cccc2cnccc12)Cc1ccccc1. The molecule has 30 heavy (non-hydrogen) atoms. The Morgan fingerprint density at radius 1 is 1.07 bits per heavy atom. The van der Waals surface area contributed by atoms with E-state index < -0.39 is 10.0 Å². The van der Waals surface area contributed by atoms with Gasteiger partial charge in [-0.15, -0.1) is 0 Å². The van der Waals surface area contributed by atoms with Gasteiger partial charge in [0.25, 0.3) is 0 Å². The van der Waals surface area contributed by atoms with Crippen molar-refractivity contribution in [2.75, 3.05) is 13.1 Å². The summed E-state index contributed by atoms with van der Waals surface area (Å²) in [5, 5.41) is 1.45. The van der Waals surface area contributed by atoms with Gasteiger partial charge in [0.05, 0.1) is 4.90 Å². The highest BCUT2D eigenvalue weighted by molar-refractivity contribution is 7.89. The molecule has 7 nitrogen and oxygen atoms in total. The minimum atomic E-state index is -3.66. The molecule has 0 aliphatic heterocycles. The quantitative estimate of drug-likeness (QED) is 0.261. The molecule has 1 heterocycles. The standard InChI is InChI=1S/C22H27N5O2S/c23-22(24)26-12-5-8-18(14-17-6-2-1-3-7-17)15-27-30(28,29)21-10-4-9-19-16-25-13-11-20(19)21/h1-4,6-7,9-11,13,16,18,27H,5,8,12,14-15H2,(H4,23,24,26). The predicted molar refractivity (Wildman–Crippen MR) is 120 cm³/mol. The van der Waals surface area contributed by atoms with Crippen LogP contribution in [0.25, 0.3) is 10.8 Å². The monoisotopic (exact) mass is 425 g/mol. The molecule has 0 bridgehead atoms. The van der Waals surface area contributed by atoms with Crippen LogP contribution in [-0.2, 0) is 16.4 Å². The van der Waals surface area contributed by atoms with Crippen molar-refractivity contribution in [3.05, 3.63) is 72.6 Å². The molecule has 3 rings (SSSR count). The van der Waals surface area contributed by atoms with Crippen LogP contribution in [0.3, 0.4) is 0 Å². The van der Waals surface area contributed by atoms with E-state index in [4.69, 9.17) is 11.5 Å². The molecule has 0 saturated heterocycles. The summed E-state index contributed by atoms with van der Waals surface area (Å²) in [7, 11) is -3.66. The van der Waals surface area contributed by atoms with Crippen LogP contribution in [0.1, 0.15) is 18.4 Å². The van der Waals surface area contributed by atoms with Crippen molar-refractivity contribution in [3.8, 4) is 0 Å². The number of pyridine rings is 1. The smallest absolute Gasteiger partial charge is 0.241 e. The maximum absolute atomic E-state index is 13.0. The van der Waals surface area contributed by atoms with E-state index in [0.717, 1.165) is 24.6 Å². The van der Waals surface area contributed by atoms with Crippen molar-refractivity contribution < 1.29 is 8.42 Å². The third-order valence-electron chi connectivity index (χ3n) is 4.92. The molecular formula is C22H27N5O2S. The Morgan fingerprint density at radius 2 is 1.87 bits per heavy atom. The molecule has 5 N–H and O–H groups in total. The van der Waals surface area contributed by atoms with Crippen LogP contribution < -0.4 is 16.2 Å². The van der Waals surface area contributed by atoms with Crippen molar-refractivity contribution in [1.29, 1.82) is 0 Å². The lowest BCUT2D eigenvalue weighted by molar-refractivity contribution is 0.459. The van der Waals surface area contributed by atoms with Crippen LogP contribution in [0.15, 0.2) is 76.9 Å². The van der Waals surface area contributed by atoms with Crippen LogP contribution in [-0.4, -0.2) is 32.5 Å². The van der Waals surface area contributed by atoms with E-state index in [9.17, 15) is 8.42 Å². The molecule has 1 aromatic heterocycles. The van der Waals surface area contributed by atoms with E-state index in [1.807, 2.05) is 24.3 Å². The number of nitrogens with two attached hydrogens (primary N) is 2. The predicted octanol–water partition coefficient (Wildman–Crippen LogP) is 2.43. The molecule has 0 fully saturated rings. The summed E-state index contributed by atoms with van der Waals surface area (Å²) in [6, 6.07) is 17.0. The van der Waals surface area contributed by atoms with Crippen LogP contribution >= 0.6 is 0 Å². The van der Waals surface area contributed by atoms with Crippen LogP contribution in [0.2, 0.25) is 0 Å². The van der Waals surface area contributed by atoms with Gasteiger partial charge in [0.1, 0.15) is 0 Å². The number of guanidine groups is 1.